The van der Waals surface area contributed by atoms with E-state index in [2.05, 4.69) is 61.5 Å². The van der Waals surface area contributed by atoms with Gasteiger partial charge >= 0.3 is 0 Å². The van der Waals surface area contributed by atoms with E-state index in [4.69, 9.17) is 0 Å². The molecule has 2 nitrogen and oxygen atoms in total. The normalized spacial score (nSPS) is 12.9. The van der Waals surface area contributed by atoms with Crippen molar-refractivity contribution in [3.8, 4) is 0 Å². The minimum atomic E-state index is 0.438. The molecule has 0 fully saturated rings. The summed E-state index contributed by atoms with van der Waals surface area (Å²) >= 11 is 1.79. The van der Waals surface area contributed by atoms with E-state index in [0.29, 0.717) is 6.04 Å². The summed E-state index contributed by atoms with van der Waals surface area (Å²) in [5, 5.41) is 3.61. The Bertz CT molecular complexity index is 333. The van der Waals surface area contributed by atoms with Gasteiger partial charge in [0, 0.05) is 10.9 Å². The molecule has 0 aromatic heterocycles. The third-order valence-electron chi connectivity index (χ3n) is 3.61. The molecule has 0 aliphatic carbocycles. The van der Waals surface area contributed by atoms with Gasteiger partial charge in [0.15, 0.2) is 0 Å². The van der Waals surface area contributed by atoms with Crippen molar-refractivity contribution in [2.75, 3.05) is 32.4 Å². The number of nitrogens with one attached hydrogen (secondary N) is 1. The number of rotatable bonds is 9. The summed E-state index contributed by atoms with van der Waals surface area (Å²) in [7, 11) is 0. The number of hydrogen-bond acceptors (Lipinski definition) is 3. The van der Waals surface area contributed by atoms with Crippen LogP contribution in [0, 0.1) is 0 Å². The van der Waals surface area contributed by atoms with Crippen molar-refractivity contribution >= 4 is 11.8 Å². The van der Waals surface area contributed by atoms with Gasteiger partial charge < -0.3 is 10.2 Å². The first kappa shape index (κ1) is 16.5. The summed E-state index contributed by atoms with van der Waals surface area (Å²) in [5.74, 6) is 0. The van der Waals surface area contributed by atoms with E-state index < -0.39 is 0 Å². The first-order valence-corrected chi connectivity index (χ1v) is 8.53. The second-order valence-corrected chi connectivity index (χ2v) is 5.71. The molecule has 0 aliphatic heterocycles. The fourth-order valence-corrected chi connectivity index (χ4v) is 2.58. The van der Waals surface area contributed by atoms with E-state index >= 15 is 0 Å². The van der Waals surface area contributed by atoms with Crippen LogP contribution in [0.15, 0.2) is 29.2 Å². The summed E-state index contributed by atoms with van der Waals surface area (Å²) in [6, 6.07) is 9.30. The fraction of sp³-hybridized carbons (Fsp3) is 0.625. The van der Waals surface area contributed by atoms with Crippen LogP contribution in [0.25, 0.3) is 0 Å². The minimum absolute atomic E-state index is 0.438. The van der Waals surface area contributed by atoms with Gasteiger partial charge in [-0.25, -0.2) is 0 Å². The summed E-state index contributed by atoms with van der Waals surface area (Å²) < 4.78 is 0. The molecule has 0 bridgehead atoms. The van der Waals surface area contributed by atoms with Crippen LogP contribution in [0.5, 0.6) is 0 Å². The molecular formula is C16H28N2S. The van der Waals surface area contributed by atoms with E-state index in [9.17, 15) is 0 Å². The molecular weight excluding hydrogens is 252 g/mol. The van der Waals surface area contributed by atoms with Crippen LogP contribution in [0.4, 0.5) is 0 Å². The number of nitrogens with zero attached hydrogens (tertiary/aromatic N) is 1. The Balaban J connectivity index is 2.28. The van der Waals surface area contributed by atoms with Crippen molar-refractivity contribution < 1.29 is 0 Å². The van der Waals surface area contributed by atoms with E-state index in [-0.39, 0.29) is 0 Å². The molecule has 1 unspecified atom stereocenters. The Morgan fingerprint density at radius 1 is 1.16 bits per heavy atom. The lowest BCUT2D eigenvalue weighted by Crippen LogP contribution is -2.28. The summed E-state index contributed by atoms with van der Waals surface area (Å²) in [6.45, 7) is 11.3. The molecule has 0 spiro atoms. The standard InChI is InChI=1S/C16H28N2S/c1-5-18(6-2)13-7-12-17-14(3)15-8-10-16(19-4)11-9-15/h8-11,14,17H,5-7,12-13H2,1-4H3. The summed E-state index contributed by atoms with van der Waals surface area (Å²) in [4.78, 5) is 3.80. The Hall–Kier alpha value is -0.510. The summed E-state index contributed by atoms with van der Waals surface area (Å²) in [5.41, 5.74) is 1.38. The van der Waals surface area contributed by atoms with Gasteiger partial charge in [-0.1, -0.05) is 26.0 Å². The molecule has 1 aromatic rings. The second kappa shape index (κ2) is 9.40. The van der Waals surface area contributed by atoms with Gasteiger partial charge in [0.05, 0.1) is 0 Å². The van der Waals surface area contributed by atoms with E-state index in [1.54, 1.807) is 11.8 Å². The third kappa shape index (κ3) is 5.98. The Morgan fingerprint density at radius 2 is 1.79 bits per heavy atom. The highest BCUT2D eigenvalue weighted by molar-refractivity contribution is 7.98. The maximum absolute atomic E-state index is 3.61. The fourth-order valence-electron chi connectivity index (χ4n) is 2.17. The molecule has 1 rings (SSSR count). The van der Waals surface area contributed by atoms with Gasteiger partial charge in [-0.3, -0.25) is 0 Å². The SMILES string of the molecule is CCN(CC)CCCNC(C)c1ccc(SC)cc1. The predicted octanol–water partition coefficient (Wildman–Crippen LogP) is 3.79. The molecule has 3 heteroatoms. The number of thioether (sulfide) groups is 1. The van der Waals surface area contributed by atoms with E-state index in [1.807, 2.05) is 0 Å². The molecule has 1 N–H and O–H groups in total. The van der Waals surface area contributed by atoms with E-state index in [0.717, 1.165) is 19.6 Å². The predicted molar refractivity (Wildman–Crippen MR) is 87.0 cm³/mol. The monoisotopic (exact) mass is 280 g/mol. The zero-order valence-corrected chi connectivity index (χ0v) is 13.6. The van der Waals surface area contributed by atoms with Crippen molar-refractivity contribution in [1.82, 2.24) is 10.2 Å². The lowest BCUT2D eigenvalue weighted by molar-refractivity contribution is 0.296. The molecule has 0 saturated carbocycles. The van der Waals surface area contributed by atoms with Gasteiger partial charge in [-0.05, 0) is 63.5 Å². The van der Waals surface area contributed by atoms with Gasteiger partial charge in [-0.2, -0.15) is 0 Å². The van der Waals surface area contributed by atoms with Crippen LogP contribution in [0.3, 0.4) is 0 Å². The van der Waals surface area contributed by atoms with Crippen LogP contribution in [-0.4, -0.2) is 37.3 Å². The number of hydrogen-bond donors (Lipinski definition) is 1. The lowest BCUT2D eigenvalue weighted by Gasteiger charge is -2.19. The largest absolute Gasteiger partial charge is 0.310 e. The van der Waals surface area contributed by atoms with Crippen molar-refractivity contribution in [2.24, 2.45) is 0 Å². The van der Waals surface area contributed by atoms with Crippen molar-refractivity contribution in [3.05, 3.63) is 29.8 Å². The zero-order chi connectivity index (χ0) is 14.1. The van der Waals surface area contributed by atoms with E-state index in [1.165, 1.54) is 23.4 Å². The molecule has 1 aromatic carbocycles. The van der Waals surface area contributed by atoms with Crippen molar-refractivity contribution in [2.45, 2.75) is 38.1 Å². The smallest absolute Gasteiger partial charge is 0.0291 e. The Morgan fingerprint density at radius 3 is 2.32 bits per heavy atom. The Kier molecular flexibility index (Phi) is 8.19. The number of benzene rings is 1. The van der Waals surface area contributed by atoms with Gasteiger partial charge in [0.2, 0.25) is 0 Å². The maximum atomic E-state index is 3.61. The highest BCUT2D eigenvalue weighted by Crippen LogP contribution is 2.18. The first-order valence-electron chi connectivity index (χ1n) is 7.30. The van der Waals surface area contributed by atoms with Crippen molar-refractivity contribution in [1.29, 1.82) is 0 Å². The molecule has 19 heavy (non-hydrogen) atoms. The van der Waals surface area contributed by atoms with Crippen LogP contribution < -0.4 is 5.32 Å². The van der Waals surface area contributed by atoms with Crippen LogP contribution >= 0.6 is 11.8 Å². The third-order valence-corrected chi connectivity index (χ3v) is 4.36. The molecule has 0 amide bonds. The topological polar surface area (TPSA) is 15.3 Å². The van der Waals surface area contributed by atoms with Gasteiger partial charge in [0.1, 0.15) is 0 Å². The lowest BCUT2D eigenvalue weighted by atomic mass is 10.1. The quantitative estimate of drug-likeness (QED) is 0.547. The summed E-state index contributed by atoms with van der Waals surface area (Å²) in [6.07, 6.45) is 3.33. The molecule has 0 radical (unpaired) electrons. The molecule has 0 aliphatic rings. The van der Waals surface area contributed by atoms with Gasteiger partial charge in [0.25, 0.3) is 0 Å². The first-order chi connectivity index (χ1) is 9.21. The zero-order valence-electron chi connectivity index (χ0n) is 12.8. The average molecular weight is 280 g/mol. The average Bonchev–Trinajstić information content (AvgIpc) is 2.47. The molecule has 1 atom stereocenters. The highest BCUT2D eigenvalue weighted by atomic mass is 32.2. The molecule has 0 saturated heterocycles. The molecule has 0 heterocycles. The van der Waals surface area contributed by atoms with Crippen LogP contribution in [0.1, 0.15) is 38.8 Å². The van der Waals surface area contributed by atoms with Crippen molar-refractivity contribution in [3.63, 3.8) is 0 Å². The maximum Gasteiger partial charge on any atom is 0.0291 e. The minimum Gasteiger partial charge on any atom is -0.310 e. The van der Waals surface area contributed by atoms with Gasteiger partial charge in [-0.15, -0.1) is 11.8 Å². The molecule has 108 valence electrons. The van der Waals surface area contributed by atoms with Crippen LogP contribution in [0.2, 0.25) is 0 Å². The van der Waals surface area contributed by atoms with Crippen LogP contribution in [-0.2, 0) is 0 Å². The Labute approximate surface area is 123 Å². The second-order valence-electron chi connectivity index (χ2n) is 4.83. The highest BCUT2D eigenvalue weighted by Gasteiger charge is 2.04.